The van der Waals surface area contributed by atoms with Crippen molar-refractivity contribution in [3.05, 3.63) is 85.1 Å². The standard InChI is InChI=1S/C76H134O6/c1-4-7-10-13-16-19-22-25-28-30-32-34-35-36-37-38-39-40-41-42-44-45-48-51-54-57-60-63-66-69-75(78)81-72-73(71-80-74(77)68-65-62-59-56-53-50-47-27-24-21-18-15-12-9-6-3)82-76(79)70-67-64-61-58-55-52-49-46-43-33-31-29-26-23-20-17-14-11-8-5-2/h9,12,18,21-22,25,27,30,32,47,53,56,62,65,73H,4-8,10-11,13-17,19-20,23-24,26,28-29,31,33-46,48-52,54-55,57-61,63-64,66-72H2,1-3H3/b12-9-,21-18-,25-22-,32-30-,47-27-,56-53-,65-62-. The molecular weight excluding hydrogens is 1010 g/mol. The van der Waals surface area contributed by atoms with E-state index < -0.39 is 12.1 Å². The normalized spacial score (nSPS) is 12.6. The predicted octanol–water partition coefficient (Wildman–Crippen LogP) is 24.6. The third-order valence-electron chi connectivity index (χ3n) is 15.7. The van der Waals surface area contributed by atoms with Gasteiger partial charge >= 0.3 is 17.9 Å². The molecule has 0 heterocycles. The predicted molar refractivity (Wildman–Crippen MR) is 358 cm³/mol. The van der Waals surface area contributed by atoms with Gasteiger partial charge in [-0.3, -0.25) is 14.4 Å². The average Bonchev–Trinajstić information content (AvgIpc) is 3.47. The fourth-order valence-electron chi connectivity index (χ4n) is 10.4. The second kappa shape index (κ2) is 70.1. The van der Waals surface area contributed by atoms with Crippen molar-refractivity contribution in [3.63, 3.8) is 0 Å². The first-order valence-corrected chi connectivity index (χ1v) is 35.6. The molecule has 0 fully saturated rings. The smallest absolute Gasteiger partial charge is 0.309 e. The number of esters is 3. The Bertz CT molecular complexity index is 1550. The van der Waals surface area contributed by atoms with Crippen LogP contribution in [0.15, 0.2) is 85.1 Å². The molecule has 6 nitrogen and oxygen atoms in total. The lowest BCUT2D eigenvalue weighted by molar-refractivity contribution is -0.166. The Hall–Kier alpha value is -3.41. The molecular formula is C76H134O6. The quantitative estimate of drug-likeness (QED) is 0.0261. The molecule has 0 saturated carbocycles. The highest BCUT2D eigenvalue weighted by Crippen LogP contribution is 2.18. The van der Waals surface area contributed by atoms with Gasteiger partial charge in [0, 0.05) is 12.8 Å². The molecule has 0 bridgehead atoms. The van der Waals surface area contributed by atoms with Gasteiger partial charge in [-0.15, -0.1) is 0 Å². The van der Waals surface area contributed by atoms with Crippen molar-refractivity contribution in [2.24, 2.45) is 0 Å². The van der Waals surface area contributed by atoms with Gasteiger partial charge in [0.25, 0.3) is 0 Å². The van der Waals surface area contributed by atoms with Gasteiger partial charge in [-0.25, -0.2) is 0 Å². The van der Waals surface area contributed by atoms with Gasteiger partial charge in [-0.05, 0) is 77.0 Å². The number of carbonyl (C=O) groups is 3. The number of unbranched alkanes of at least 4 members (excludes halogenated alkanes) is 41. The Balaban J connectivity index is 4.29. The van der Waals surface area contributed by atoms with Gasteiger partial charge < -0.3 is 14.2 Å². The minimum absolute atomic E-state index is 0.102. The van der Waals surface area contributed by atoms with E-state index >= 15 is 0 Å². The third-order valence-corrected chi connectivity index (χ3v) is 15.7. The minimum Gasteiger partial charge on any atom is -0.462 e. The zero-order valence-electron chi connectivity index (χ0n) is 54.5. The summed E-state index contributed by atoms with van der Waals surface area (Å²) >= 11 is 0. The molecule has 0 aromatic rings. The van der Waals surface area contributed by atoms with E-state index in [0.29, 0.717) is 12.8 Å². The summed E-state index contributed by atoms with van der Waals surface area (Å²) in [6.45, 7) is 6.48. The molecule has 0 aliphatic carbocycles. The highest BCUT2D eigenvalue weighted by atomic mass is 16.6. The van der Waals surface area contributed by atoms with Crippen molar-refractivity contribution in [3.8, 4) is 0 Å². The van der Waals surface area contributed by atoms with E-state index in [4.69, 9.17) is 14.2 Å². The van der Waals surface area contributed by atoms with Crippen molar-refractivity contribution in [2.45, 2.75) is 367 Å². The van der Waals surface area contributed by atoms with E-state index in [1.807, 2.05) is 12.2 Å². The molecule has 82 heavy (non-hydrogen) atoms. The largest absolute Gasteiger partial charge is 0.462 e. The van der Waals surface area contributed by atoms with Crippen molar-refractivity contribution < 1.29 is 28.6 Å². The summed E-state index contributed by atoms with van der Waals surface area (Å²) in [6.07, 6.45) is 93.6. The summed E-state index contributed by atoms with van der Waals surface area (Å²) in [6, 6.07) is 0. The summed E-state index contributed by atoms with van der Waals surface area (Å²) in [7, 11) is 0. The number of rotatable bonds is 65. The fraction of sp³-hybridized carbons (Fsp3) is 0.776. The SMILES string of the molecule is CC/C=C\C/C=C\C/C=C\C/C=C\C/C=C\CC(=O)OCC(COC(=O)CCCCCCCCCCCCCCCCCCC/C=C\C/C=C\CCCCCCC)OC(=O)CCCCCCCCCCCCCCCCCCCCCC. The first kappa shape index (κ1) is 78.6. The molecule has 0 radical (unpaired) electrons. The molecule has 474 valence electrons. The number of hydrogen-bond acceptors (Lipinski definition) is 6. The number of hydrogen-bond donors (Lipinski definition) is 0. The Morgan fingerprint density at radius 1 is 0.268 bits per heavy atom. The van der Waals surface area contributed by atoms with Crippen LogP contribution in [0.4, 0.5) is 0 Å². The van der Waals surface area contributed by atoms with Crippen LogP contribution in [0.1, 0.15) is 361 Å². The minimum atomic E-state index is -0.816. The molecule has 1 atom stereocenters. The lowest BCUT2D eigenvalue weighted by Crippen LogP contribution is -2.30. The Labute approximate surface area is 509 Å². The number of ether oxygens (including phenoxy) is 3. The topological polar surface area (TPSA) is 78.9 Å². The lowest BCUT2D eigenvalue weighted by atomic mass is 10.0. The van der Waals surface area contributed by atoms with Crippen LogP contribution in [-0.2, 0) is 28.6 Å². The maximum absolute atomic E-state index is 12.9. The molecule has 0 amide bonds. The lowest BCUT2D eigenvalue weighted by Gasteiger charge is -2.18. The second-order valence-corrected chi connectivity index (χ2v) is 23.8. The molecule has 0 aliphatic heterocycles. The maximum atomic E-state index is 12.9. The van der Waals surface area contributed by atoms with Crippen molar-refractivity contribution >= 4 is 17.9 Å². The molecule has 0 spiro atoms. The third kappa shape index (κ3) is 67.4. The molecule has 0 aromatic carbocycles. The van der Waals surface area contributed by atoms with Crippen LogP contribution >= 0.6 is 0 Å². The molecule has 1 unspecified atom stereocenters. The van der Waals surface area contributed by atoms with Crippen LogP contribution in [-0.4, -0.2) is 37.2 Å². The fourth-order valence-corrected chi connectivity index (χ4v) is 10.4. The molecule has 0 rings (SSSR count). The average molecular weight is 1140 g/mol. The van der Waals surface area contributed by atoms with Gasteiger partial charge in [0.1, 0.15) is 13.2 Å². The van der Waals surface area contributed by atoms with Crippen molar-refractivity contribution in [1.29, 1.82) is 0 Å². The maximum Gasteiger partial charge on any atom is 0.309 e. The summed E-state index contributed by atoms with van der Waals surface area (Å²) in [5.74, 6) is -1.02. The van der Waals surface area contributed by atoms with Gasteiger partial charge in [-0.2, -0.15) is 0 Å². The van der Waals surface area contributed by atoms with E-state index in [9.17, 15) is 14.4 Å². The zero-order valence-corrected chi connectivity index (χ0v) is 54.5. The van der Waals surface area contributed by atoms with Crippen LogP contribution < -0.4 is 0 Å². The van der Waals surface area contributed by atoms with E-state index in [1.54, 1.807) is 0 Å². The van der Waals surface area contributed by atoms with E-state index in [1.165, 1.54) is 244 Å². The summed E-state index contributed by atoms with van der Waals surface area (Å²) in [5, 5.41) is 0. The van der Waals surface area contributed by atoms with Crippen LogP contribution in [0.2, 0.25) is 0 Å². The second-order valence-electron chi connectivity index (χ2n) is 23.8. The Kier molecular flexibility index (Phi) is 67.2. The van der Waals surface area contributed by atoms with E-state index in [-0.39, 0.29) is 31.6 Å². The summed E-state index contributed by atoms with van der Waals surface area (Å²) < 4.78 is 16.9. The molecule has 0 N–H and O–H groups in total. The van der Waals surface area contributed by atoms with Gasteiger partial charge in [0.05, 0.1) is 6.42 Å². The summed E-state index contributed by atoms with van der Waals surface area (Å²) in [5.41, 5.74) is 0. The van der Waals surface area contributed by atoms with Gasteiger partial charge in [-0.1, -0.05) is 350 Å². The van der Waals surface area contributed by atoms with E-state index in [0.717, 1.165) is 77.0 Å². The Morgan fingerprint density at radius 2 is 0.524 bits per heavy atom. The van der Waals surface area contributed by atoms with Crippen LogP contribution in [0.25, 0.3) is 0 Å². The Morgan fingerprint density at radius 3 is 0.854 bits per heavy atom. The molecule has 0 aliphatic rings. The monoisotopic (exact) mass is 1140 g/mol. The molecule has 6 heteroatoms. The first-order chi connectivity index (χ1) is 40.5. The summed E-state index contributed by atoms with van der Waals surface area (Å²) in [4.78, 5) is 38.4. The number of carbonyl (C=O) groups excluding carboxylic acids is 3. The van der Waals surface area contributed by atoms with Gasteiger partial charge in [0.15, 0.2) is 6.10 Å². The molecule has 0 aromatic heterocycles. The molecule has 0 saturated heterocycles. The van der Waals surface area contributed by atoms with Crippen LogP contribution in [0, 0.1) is 0 Å². The number of allylic oxidation sites excluding steroid dienone is 13. The van der Waals surface area contributed by atoms with Crippen molar-refractivity contribution in [1.82, 2.24) is 0 Å². The van der Waals surface area contributed by atoms with Crippen LogP contribution in [0.5, 0.6) is 0 Å². The van der Waals surface area contributed by atoms with Gasteiger partial charge in [0.2, 0.25) is 0 Å². The van der Waals surface area contributed by atoms with Crippen LogP contribution in [0.3, 0.4) is 0 Å². The highest BCUT2D eigenvalue weighted by molar-refractivity contribution is 5.72. The zero-order chi connectivity index (χ0) is 59.2. The highest BCUT2D eigenvalue weighted by Gasteiger charge is 2.19. The van der Waals surface area contributed by atoms with Crippen molar-refractivity contribution in [2.75, 3.05) is 13.2 Å². The first-order valence-electron chi connectivity index (χ1n) is 35.6. The van der Waals surface area contributed by atoms with E-state index in [2.05, 4.69) is 93.7 Å².